The molecule has 0 radical (unpaired) electrons. The monoisotopic (exact) mass is 404 g/mol. The lowest BCUT2D eigenvalue weighted by Gasteiger charge is -2.09. The number of amides is 1. The zero-order valence-electron chi connectivity index (χ0n) is 14.7. The van der Waals surface area contributed by atoms with Crippen LogP contribution in [-0.4, -0.2) is 17.4 Å². The van der Waals surface area contributed by atoms with E-state index >= 15 is 0 Å². The number of thiazole rings is 1. The molecule has 3 rings (SSSR count). The average Bonchev–Trinajstić information content (AvgIpc) is 3.15. The highest BCUT2D eigenvalue weighted by atomic mass is 35.5. The van der Waals surface area contributed by atoms with Crippen LogP contribution >= 0.6 is 22.9 Å². The van der Waals surface area contributed by atoms with Crippen LogP contribution in [0.5, 0.6) is 5.75 Å². The third-order valence-corrected chi connectivity index (χ3v) is 5.04. The molecule has 1 aromatic heterocycles. The lowest BCUT2D eigenvalue weighted by molar-refractivity contribution is 0.0949. The van der Waals surface area contributed by atoms with Crippen LogP contribution in [0.1, 0.15) is 29.4 Å². The molecule has 140 valence electrons. The fourth-order valence-corrected chi connectivity index (χ4v) is 3.38. The lowest BCUT2D eigenvalue weighted by Crippen LogP contribution is -2.24. The molecule has 0 fully saturated rings. The molecule has 27 heavy (non-hydrogen) atoms. The van der Waals surface area contributed by atoms with E-state index in [2.05, 4.69) is 10.3 Å². The molecule has 1 N–H and O–H groups in total. The molecule has 0 aliphatic carbocycles. The Morgan fingerprint density at radius 1 is 1.30 bits per heavy atom. The van der Waals surface area contributed by atoms with Crippen LogP contribution in [0.25, 0.3) is 10.6 Å². The van der Waals surface area contributed by atoms with Crippen LogP contribution < -0.4 is 10.1 Å². The standard InChI is InChI=1S/C20H18ClFN2O2S/c1-2-9-23-19(25)18-12-27-20(24-18)15-8-7-14(10-17(15)22)26-11-13-5-3-4-6-16(13)21/h3-8,10,12H,2,9,11H2,1H3,(H,23,25). The number of hydrogen-bond donors (Lipinski definition) is 1. The van der Waals surface area contributed by atoms with Gasteiger partial charge in [-0.1, -0.05) is 36.7 Å². The van der Waals surface area contributed by atoms with Gasteiger partial charge in [0.05, 0.1) is 0 Å². The second-order valence-corrected chi connectivity index (χ2v) is 7.08. The maximum absolute atomic E-state index is 14.5. The van der Waals surface area contributed by atoms with E-state index in [0.717, 1.165) is 12.0 Å². The Bertz CT molecular complexity index is 945. The average molecular weight is 405 g/mol. The Labute approximate surface area is 166 Å². The minimum absolute atomic E-state index is 0.247. The first-order valence-electron chi connectivity index (χ1n) is 8.48. The Kier molecular flexibility index (Phi) is 6.42. The molecule has 0 atom stereocenters. The molecule has 4 nitrogen and oxygen atoms in total. The van der Waals surface area contributed by atoms with Crippen molar-refractivity contribution in [1.82, 2.24) is 10.3 Å². The van der Waals surface area contributed by atoms with Crippen LogP contribution in [0.4, 0.5) is 4.39 Å². The minimum Gasteiger partial charge on any atom is -0.489 e. The molecule has 0 unspecified atom stereocenters. The summed E-state index contributed by atoms with van der Waals surface area (Å²) in [5.41, 5.74) is 1.45. The number of nitrogens with zero attached hydrogens (tertiary/aromatic N) is 1. The largest absolute Gasteiger partial charge is 0.489 e. The quantitative estimate of drug-likeness (QED) is 0.579. The smallest absolute Gasteiger partial charge is 0.270 e. The van der Waals surface area contributed by atoms with Gasteiger partial charge in [-0.2, -0.15) is 0 Å². The third kappa shape index (κ3) is 4.84. The fraction of sp³-hybridized carbons (Fsp3) is 0.200. The van der Waals surface area contributed by atoms with E-state index in [-0.39, 0.29) is 12.5 Å². The minimum atomic E-state index is -0.457. The summed E-state index contributed by atoms with van der Waals surface area (Å²) in [5.74, 6) is -0.311. The molecule has 0 spiro atoms. The van der Waals surface area contributed by atoms with E-state index in [0.29, 0.717) is 33.6 Å². The van der Waals surface area contributed by atoms with E-state index in [4.69, 9.17) is 16.3 Å². The Hall–Kier alpha value is -2.44. The first-order valence-corrected chi connectivity index (χ1v) is 9.74. The van der Waals surface area contributed by atoms with E-state index in [1.54, 1.807) is 23.6 Å². The van der Waals surface area contributed by atoms with Gasteiger partial charge in [-0.25, -0.2) is 9.37 Å². The number of carbonyl (C=O) groups excluding carboxylic acids is 1. The van der Waals surface area contributed by atoms with Crippen molar-refractivity contribution in [3.05, 3.63) is 69.9 Å². The maximum Gasteiger partial charge on any atom is 0.270 e. The number of ether oxygens (including phenoxy) is 1. The zero-order valence-corrected chi connectivity index (χ0v) is 16.2. The molecule has 7 heteroatoms. The van der Waals surface area contributed by atoms with Crippen molar-refractivity contribution in [3.8, 4) is 16.3 Å². The number of halogens is 2. The molecule has 3 aromatic rings. The number of hydrogen-bond acceptors (Lipinski definition) is 4. The van der Waals surface area contributed by atoms with Gasteiger partial charge in [-0.05, 0) is 24.6 Å². The van der Waals surface area contributed by atoms with Crippen LogP contribution in [0, 0.1) is 5.82 Å². The SMILES string of the molecule is CCCNC(=O)c1csc(-c2ccc(OCc3ccccc3Cl)cc2F)n1. The topological polar surface area (TPSA) is 51.2 Å². The first kappa shape index (κ1) is 19.3. The second-order valence-electron chi connectivity index (χ2n) is 5.82. The predicted molar refractivity (Wildman–Crippen MR) is 106 cm³/mol. The van der Waals surface area contributed by atoms with Gasteiger partial charge in [0, 0.05) is 34.1 Å². The summed E-state index contributed by atoms with van der Waals surface area (Å²) >= 11 is 7.32. The van der Waals surface area contributed by atoms with Gasteiger partial charge < -0.3 is 10.1 Å². The van der Waals surface area contributed by atoms with Gasteiger partial charge in [-0.3, -0.25) is 4.79 Å². The number of aromatic nitrogens is 1. The van der Waals surface area contributed by atoms with Crippen molar-refractivity contribution >= 4 is 28.8 Å². The molecule has 0 bridgehead atoms. The molecule has 0 aliphatic heterocycles. The highest BCUT2D eigenvalue weighted by Gasteiger charge is 2.14. The summed E-state index contributed by atoms with van der Waals surface area (Å²) in [6.07, 6.45) is 0.840. The van der Waals surface area contributed by atoms with Gasteiger partial charge in [0.2, 0.25) is 0 Å². The van der Waals surface area contributed by atoms with E-state index in [1.807, 2.05) is 25.1 Å². The van der Waals surface area contributed by atoms with Gasteiger partial charge >= 0.3 is 0 Å². The Morgan fingerprint density at radius 3 is 2.85 bits per heavy atom. The molecule has 0 saturated heterocycles. The van der Waals surface area contributed by atoms with E-state index < -0.39 is 5.82 Å². The van der Waals surface area contributed by atoms with Crippen molar-refractivity contribution in [2.75, 3.05) is 6.54 Å². The number of carbonyl (C=O) groups is 1. The molecule has 0 aliphatic rings. The summed E-state index contributed by atoms with van der Waals surface area (Å²) in [6, 6.07) is 11.9. The molecule has 0 saturated carbocycles. The highest BCUT2D eigenvalue weighted by Crippen LogP contribution is 2.29. The van der Waals surface area contributed by atoms with Crippen LogP contribution in [0.2, 0.25) is 5.02 Å². The zero-order chi connectivity index (χ0) is 19.2. The van der Waals surface area contributed by atoms with E-state index in [1.165, 1.54) is 17.4 Å². The number of benzene rings is 2. The Balaban J connectivity index is 1.71. The van der Waals surface area contributed by atoms with Gasteiger partial charge in [0.25, 0.3) is 5.91 Å². The highest BCUT2D eigenvalue weighted by molar-refractivity contribution is 7.13. The maximum atomic E-state index is 14.5. The normalized spacial score (nSPS) is 10.6. The van der Waals surface area contributed by atoms with Crippen molar-refractivity contribution in [2.24, 2.45) is 0 Å². The van der Waals surface area contributed by atoms with Crippen molar-refractivity contribution in [2.45, 2.75) is 20.0 Å². The van der Waals surface area contributed by atoms with E-state index in [9.17, 15) is 9.18 Å². The summed E-state index contributed by atoms with van der Waals surface area (Å²) in [5, 5.41) is 5.43. The number of rotatable bonds is 7. The predicted octanol–water partition coefficient (Wildman–Crippen LogP) is 5.32. The fourth-order valence-electron chi connectivity index (χ4n) is 2.37. The van der Waals surface area contributed by atoms with Gasteiger partial charge in [0.1, 0.15) is 28.9 Å². The van der Waals surface area contributed by atoms with Crippen molar-refractivity contribution in [3.63, 3.8) is 0 Å². The molecular weight excluding hydrogens is 387 g/mol. The van der Waals surface area contributed by atoms with Crippen molar-refractivity contribution in [1.29, 1.82) is 0 Å². The summed E-state index contributed by atoms with van der Waals surface area (Å²) < 4.78 is 20.1. The van der Waals surface area contributed by atoms with Crippen LogP contribution in [0.15, 0.2) is 47.8 Å². The molecular formula is C20H18ClFN2O2S. The van der Waals surface area contributed by atoms with Gasteiger partial charge in [0.15, 0.2) is 0 Å². The van der Waals surface area contributed by atoms with Crippen LogP contribution in [-0.2, 0) is 6.61 Å². The Morgan fingerprint density at radius 2 is 2.11 bits per heavy atom. The van der Waals surface area contributed by atoms with Gasteiger partial charge in [-0.15, -0.1) is 11.3 Å². The summed E-state index contributed by atoms with van der Waals surface area (Å²) in [4.78, 5) is 16.2. The molecule has 1 amide bonds. The number of nitrogens with one attached hydrogen (secondary N) is 1. The lowest BCUT2D eigenvalue weighted by atomic mass is 10.2. The van der Waals surface area contributed by atoms with Crippen LogP contribution in [0.3, 0.4) is 0 Å². The first-order chi connectivity index (χ1) is 13.1. The summed E-state index contributed by atoms with van der Waals surface area (Å²) in [6.45, 7) is 2.80. The summed E-state index contributed by atoms with van der Waals surface area (Å²) in [7, 11) is 0. The van der Waals surface area contributed by atoms with Crippen molar-refractivity contribution < 1.29 is 13.9 Å². The molecule has 2 aromatic carbocycles. The second kappa shape index (κ2) is 8.97. The third-order valence-electron chi connectivity index (χ3n) is 3.80. The molecule has 1 heterocycles.